The Hall–Kier alpha value is -0.613. The number of rotatable bonds is 1. The molecule has 0 aliphatic carbocycles. The third kappa shape index (κ3) is 53.9. The van der Waals surface area contributed by atoms with Gasteiger partial charge in [0, 0.05) is 22.5 Å². The molecule has 8 heavy (non-hydrogen) atoms. The highest BCUT2D eigenvalue weighted by atomic mass is 28.1. The lowest BCUT2D eigenvalue weighted by Gasteiger charge is -1.64. The van der Waals surface area contributed by atoms with E-state index in [9.17, 15) is 4.79 Å². The van der Waals surface area contributed by atoms with Crippen molar-refractivity contribution in [1.29, 1.82) is 0 Å². The van der Waals surface area contributed by atoms with Gasteiger partial charge in [0.05, 0.1) is 0 Å². The van der Waals surface area contributed by atoms with Crippen LogP contribution >= 0.6 is 0 Å². The topological polar surface area (TPSA) is 57.5 Å². The van der Waals surface area contributed by atoms with Gasteiger partial charge in [0.25, 0.3) is 0 Å². The van der Waals surface area contributed by atoms with Crippen LogP contribution in [0.2, 0.25) is 0 Å². The summed E-state index contributed by atoms with van der Waals surface area (Å²) in [7, 11) is 0.924. The van der Waals surface area contributed by atoms with Gasteiger partial charge in [0.2, 0.25) is 0 Å². The molecule has 0 fully saturated rings. The second-order valence-corrected chi connectivity index (χ2v) is 1.49. The van der Waals surface area contributed by atoms with E-state index >= 15 is 0 Å². The summed E-state index contributed by atoms with van der Waals surface area (Å²) in [4.78, 5) is 9.25. The van der Waals surface area contributed by atoms with Crippen LogP contribution in [-0.4, -0.2) is 32.7 Å². The first-order valence-electron chi connectivity index (χ1n) is 2.15. The van der Waals surface area contributed by atoms with E-state index in [1.165, 1.54) is 0 Å². The fourth-order valence-electron chi connectivity index (χ4n) is 0. The molecule has 0 saturated heterocycles. The van der Waals surface area contributed by atoms with Crippen LogP contribution in [0.15, 0.2) is 12.7 Å². The van der Waals surface area contributed by atoms with Gasteiger partial charge in [-0.15, -0.1) is 0 Å². The van der Waals surface area contributed by atoms with Gasteiger partial charge in [-0.2, -0.15) is 0 Å². The maximum absolute atomic E-state index is 9.25. The minimum Gasteiger partial charge on any atom is -0.478 e. The first-order valence-corrected chi connectivity index (χ1v) is 3.56. The summed E-state index contributed by atoms with van der Waals surface area (Å²) < 4.78 is 0. The van der Waals surface area contributed by atoms with Crippen molar-refractivity contribution in [2.75, 3.05) is 6.23 Å². The molecular weight excluding hydrogens is 124 g/mol. The number of aliphatic hydroxyl groups is 1. The second-order valence-electron chi connectivity index (χ2n) is 0.859. The molecule has 0 amide bonds. The van der Waals surface area contributed by atoms with Crippen LogP contribution in [0.3, 0.4) is 0 Å². The summed E-state index contributed by atoms with van der Waals surface area (Å²) in [6, 6.07) is 0. The van der Waals surface area contributed by atoms with E-state index in [-0.39, 0.29) is 0 Å². The Morgan fingerprint density at radius 3 is 2.00 bits per heavy atom. The highest BCUT2D eigenvalue weighted by Gasteiger charge is 1.73. The van der Waals surface area contributed by atoms with Crippen molar-refractivity contribution >= 4 is 16.2 Å². The van der Waals surface area contributed by atoms with Gasteiger partial charge in [0.1, 0.15) is 0 Å². The third-order valence-electron chi connectivity index (χ3n) is 0.175. The monoisotopic (exact) mass is 134 g/mol. The molecule has 3 nitrogen and oxygen atoms in total. The Kier molecular flexibility index (Phi) is 12.5. The Labute approximate surface area is 51.1 Å². The lowest BCUT2D eigenvalue weighted by molar-refractivity contribution is -0.131. The molecule has 0 aromatic heterocycles. The molecular formula is C4H10O3Si. The zero-order valence-corrected chi connectivity index (χ0v) is 6.79. The van der Waals surface area contributed by atoms with E-state index in [4.69, 9.17) is 10.2 Å². The Morgan fingerprint density at radius 2 is 2.00 bits per heavy atom. The molecule has 0 spiro atoms. The van der Waals surface area contributed by atoms with Gasteiger partial charge >= 0.3 is 5.97 Å². The fraction of sp³-hybridized carbons (Fsp3) is 0.250. The second kappa shape index (κ2) is 9.63. The number of aliphatic hydroxyl groups excluding tert-OH is 1. The van der Waals surface area contributed by atoms with Gasteiger partial charge in [-0.1, -0.05) is 6.58 Å². The van der Waals surface area contributed by atoms with E-state index in [1.54, 1.807) is 0 Å². The van der Waals surface area contributed by atoms with Crippen LogP contribution in [0.4, 0.5) is 0 Å². The first kappa shape index (κ1) is 10.4. The Morgan fingerprint density at radius 1 is 1.88 bits per heavy atom. The van der Waals surface area contributed by atoms with Gasteiger partial charge in [-0.05, 0) is 0 Å². The van der Waals surface area contributed by atoms with Crippen molar-refractivity contribution in [3.8, 4) is 0 Å². The average Bonchev–Trinajstić information content (AvgIpc) is 1.69. The average molecular weight is 134 g/mol. The van der Waals surface area contributed by atoms with Gasteiger partial charge in [-0.3, -0.25) is 0 Å². The predicted molar refractivity (Wildman–Crippen MR) is 34.9 cm³/mol. The number of aliphatic carboxylic acids is 1. The van der Waals surface area contributed by atoms with Crippen molar-refractivity contribution in [2.45, 2.75) is 0 Å². The lowest BCUT2D eigenvalue weighted by atomic mass is 10.7. The Bertz CT molecular complexity index is 71.7. The van der Waals surface area contributed by atoms with Crippen LogP contribution in [0, 0.1) is 0 Å². The third-order valence-corrected chi connectivity index (χ3v) is 0.175. The van der Waals surface area contributed by atoms with Crippen molar-refractivity contribution in [3.63, 3.8) is 0 Å². The summed E-state index contributed by atoms with van der Waals surface area (Å²) in [5.41, 5.74) is 0. The SMILES string of the molecule is C=CC(=O)O.OC[SiH3]. The normalized spacial score (nSPS) is 6.62. The molecule has 0 aromatic rings. The molecule has 0 aliphatic heterocycles. The zero-order chi connectivity index (χ0) is 6.99. The van der Waals surface area contributed by atoms with Crippen LogP contribution in [0.5, 0.6) is 0 Å². The summed E-state index contributed by atoms with van der Waals surface area (Å²) in [6.45, 7) is 2.96. The number of carboxylic acids is 1. The standard InChI is InChI=1S/C3H4O2.CH6OSi/c1-2-3(4)5;2-1-3/h2H,1H2,(H,4,5);2H,1H2,3H3. The molecule has 2 N–H and O–H groups in total. The predicted octanol–water partition coefficient (Wildman–Crippen LogP) is -1.44. The molecule has 48 valence electrons. The smallest absolute Gasteiger partial charge is 0.327 e. The molecule has 0 saturated carbocycles. The summed E-state index contributed by atoms with van der Waals surface area (Å²) >= 11 is 0. The van der Waals surface area contributed by atoms with Gasteiger partial charge < -0.3 is 10.2 Å². The van der Waals surface area contributed by atoms with Gasteiger partial charge in [-0.25, -0.2) is 4.79 Å². The highest BCUT2D eigenvalue weighted by molar-refractivity contribution is 6.07. The van der Waals surface area contributed by atoms with Crippen molar-refractivity contribution in [3.05, 3.63) is 12.7 Å². The van der Waals surface area contributed by atoms with Crippen molar-refractivity contribution < 1.29 is 15.0 Å². The number of hydrogen-bond acceptors (Lipinski definition) is 2. The maximum Gasteiger partial charge on any atom is 0.327 e. The van der Waals surface area contributed by atoms with Crippen LogP contribution in [-0.2, 0) is 4.79 Å². The summed E-state index contributed by atoms with van der Waals surface area (Å²) in [5.74, 6) is -0.981. The number of hydrogen-bond donors (Lipinski definition) is 2. The number of carboxylic acid groups (broad SMARTS) is 1. The van der Waals surface area contributed by atoms with E-state index in [0.717, 1.165) is 16.3 Å². The molecule has 0 atom stereocenters. The summed E-state index contributed by atoms with van der Waals surface area (Å²) in [6.07, 6.45) is 1.22. The lowest BCUT2D eigenvalue weighted by Crippen LogP contribution is -1.82. The minimum atomic E-state index is -0.981. The molecule has 0 rings (SSSR count). The van der Waals surface area contributed by atoms with E-state index < -0.39 is 5.97 Å². The van der Waals surface area contributed by atoms with E-state index in [1.807, 2.05) is 0 Å². The molecule has 0 aliphatic rings. The van der Waals surface area contributed by atoms with E-state index in [0.29, 0.717) is 6.23 Å². The first-order chi connectivity index (χ1) is 3.68. The Balaban J connectivity index is 0. The highest BCUT2D eigenvalue weighted by Crippen LogP contribution is 1.54. The van der Waals surface area contributed by atoms with Crippen LogP contribution in [0.1, 0.15) is 0 Å². The van der Waals surface area contributed by atoms with Crippen molar-refractivity contribution in [1.82, 2.24) is 0 Å². The van der Waals surface area contributed by atoms with Crippen molar-refractivity contribution in [2.24, 2.45) is 0 Å². The molecule has 0 radical (unpaired) electrons. The fourth-order valence-corrected chi connectivity index (χ4v) is 0. The van der Waals surface area contributed by atoms with Crippen LogP contribution in [0.25, 0.3) is 0 Å². The van der Waals surface area contributed by atoms with Crippen LogP contribution < -0.4 is 0 Å². The summed E-state index contributed by atoms with van der Waals surface area (Å²) in [5, 5.41) is 15.2. The van der Waals surface area contributed by atoms with Gasteiger partial charge in [0.15, 0.2) is 0 Å². The zero-order valence-electron chi connectivity index (χ0n) is 4.79. The maximum atomic E-state index is 9.25. The molecule has 4 heteroatoms. The number of carbonyl (C=O) groups is 1. The van der Waals surface area contributed by atoms with E-state index in [2.05, 4.69) is 6.58 Å². The molecule has 0 unspecified atom stereocenters. The quantitative estimate of drug-likeness (QED) is 0.341. The largest absolute Gasteiger partial charge is 0.478 e. The minimum absolute atomic E-state index is 0.389. The molecule has 0 aromatic carbocycles. The molecule has 0 bridgehead atoms. The molecule has 0 heterocycles.